The second-order valence-electron chi connectivity index (χ2n) is 6.30. The van der Waals surface area contributed by atoms with Crippen molar-refractivity contribution >= 4 is 5.69 Å². The zero-order valence-electron chi connectivity index (χ0n) is 13.3. The van der Waals surface area contributed by atoms with E-state index in [-0.39, 0.29) is 0 Å². The van der Waals surface area contributed by atoms with Crippen LogP contribution in [-0.4, -0.2) is 13.2 Å². The summed E-state index contributed by atoms with van der Waals surface area (Å²) in [4.78, 5) is 0. The smallest absolute Gasteiger partial charge is 0.142 e. The summed E-state index contributed by atoms with van der Waals surface area (Å²) < 4.78 is 5.47. The van der Waals surface area contributed by atoms with Gasteiger partial charge in [-0.2, -0.15) is 0 Å². The number of aryl methyl sites for hydroxylation is 1. The number of methoxy groups -OCH3 is 1. The lowest BCUT2D eigenvalue weighted by atomic mass is 9.95. The Bertz CT molecular complexity index is 375. The van der Waals surface area contributed by atoms with Gasteiger partial charge in [-0.1, -0.05) is 33.8 Å². The average molecular weight is 263 g/mol. The Balaban J connectivity index is 2.82. The quantitative estimate of drug-likeness (QED) is 0.757. The lowest BCUT2D eigenvalue weighted by Gasteiger charge is -2.24. The highest BCUT2D eigenvalue weighted by Gasteiger charge is 2.14. The van der Waals surface area contributed by atoms with Gasteiger partial charge >= 0.3 is 0 Å². The second kappa shape index (κ2) is 7.42. The minimum Gasteiger partial charge on any atom is -0.495 e. The van der Waals surface area contributed by atoms with Crippen molar-refractivity contribution in [3.63, 3.8) is 0 Å². The van der Waals surface area contributed by atoms with Crippen molar-refractivity contribution in [3.8, 4) is 5.75 Å². The standard InChI is InChI=1S/C17H29NO/c1-12(2)9-15(10-13(3)4)18-16-8-7-14(5)11-17(16)19-6/h7-8,11-13,15,18H,9-10H2,1-6H3. The van der Waals surface area contributed by atoms with Gasteiger partial charge in [0.15, 0.2) is 0 Å². The molecule has 1 N–H and O–H groups in total. The zero-order valence-corrected chi connectivity index (χ0v) is 13.3. The molecule has 0 saturated carbocycles. The van der Waals surface area contributed by atoms with E-state index < -0.39 is 0 Å². The first-order chi connectivity index (χ1) is 8.92. The SMILES string of the molecule is COc1cc(C)ccc1NC(CC(C)C)CC(C)C. The Morgan fingerprint density at radius 1 is 1.05 bits per heavy atom. The summed E-state index contributed by atoms with van der Waals surface area (Å²) in [5, 5.41) is 3.66. The third kappa shape index (κ3) is 5.54. The third-order valence-corrected chi connectivity index (χ3v) is 3.23. The lowest BCUT2D eigenvalue weighted by Crippen LogP contribution is -2.23. The normalized spacial score (nSPS) is 11.4. The van der Waals surface area contributed by atoms with Crippen LogP contribution in [0.1, 0.15) is 46.1 Å². The second-order valence-corrected chi connectivity index (χ2v) is 6.30. The lowest BCUT2D eigenvalue weighted by molar-refractivity contribution is 0.410. The summed E-state index contributed by atoms with van der Waals surface area (Å²) in [7, 11) is 1.74. The molecular weight excluding hydrogens is 234 g/mol. The van der Waals surface area contributed by atoms with Gasteiger partial charge in [-0.15, -0.1) is 0 Å². The van der Waals surface area contributed by atoms with Crippen molar-refractivity contribution in [1.82, 2.24) is 0 Å². The summed E-state index contributed by atoms with van der Waals surface area (Å²) in [6.07, 6.45) is 2.38. The molecule has 0 fully saturated rings. The molecule has 0 heterocycles. The fourth-order valence-corrected chi connectivity index (χ4v) is 2.49. The molecule has 108 valence electrons. The Morgan fingerprint density at radius 3 is 2.11 bits per heavy atom. The van der Waals surface area contributed by atoms with Gasteiger partial charge < -0.3 is 10.1 Å². The number of anilines is 1. The predicted molar refractivity (Wildman–Crippen MR) is 84.1 cm³/mol. The monoisotopic (exact) mass is 263 g/mol. The molecule has 0 unspecified atom stereocenters. The number of rotatable bonds is 7. The highest BCUT2D eigenvalue weighted by atomic mass is 16.5. The summed E-state index contributed by atoms with van der Waals surface area (Å²) in [6, 6.07) is 6.86. The molecule has 0 aromatic heterocycles. The van der Waals surface area contributed by atoms with E-state index in [1.165, 1.54) is 18.4 Å². The van der Waals surface area contributed by atoms with Gasteiger partial charge in [0.1, 0.15) is 5.75 Å². The van der Waals surface area contributed by atoms with E-state index in [1.807, 2.05) is 0 Å². The molecule has 0 radical (unpaired) electrons. The predicted octanol–water partition coefficient (Wildman–Crippen LogP) is 4.88. The molecular formula is C17H29NO. The first-order valence-corrected chi connectivity index (χ1v) is 7.33. The van der Waals surface area contributed by atoms with Gasteiger partial charge in [0.25, 0.3) is 0 Å². The largest absolute Gasteiger partial charge is 0.495 e. The van der Waals surface area contributed by atoms with Crippen LogP contribution in [0.2, 0.25) is 0 Å². The number of benzene rings is 1. The molecule has 0 atom stereocenters. The number of ether oxygens (including phenoxy) is 1. The maximum absolute atomic E-state index is 5.47. The molecule has 2 heteroatoms. The molecule has 1 aromatic rings. The molecule has 0 saturated heterocycles. The summed E-state index contributed by atoms with van der Waals surface area (Å²) in [5.74, 6) is 2.35. The molecule has 1 aromatic carbocycles. The molecule has 0 bridgehead atoms. The van der Waals surface area contributed by atoms with Gasteiger partial charge in [0.2, 0.25) is 0 Å². The van der Waals surface area contributed by atoms with Gasteiger partial charge in [-0.05, 0) is 49.3 Å². The van der Waals surface area contributed by atoms with E-state index in [2.05, 4.69) is 58.1 Å². The first kappa shape index (κ1) is 15.9. The minimum absolute atomic E-state index is 0.511. The molecule has 0 aliphatic heterocycles. The number of hydrogen-bond acceptors (Lipinski definition) is 2. The van der Waals surface area contributed by atoms with E-state index in [0.717, 1.165) is 11.4 Å². The third-order valence-electron chi connectivity index (χ3n) is 3.23. The summed E-state index contributed by atoms with van der Waals surface area (Å²) in [6.45, 7) is 11.2. The molecule has 2 nitrogen and oxygen atoms in total. The maximum Gasteiger partial charge on any atom is 0.142 e. The highest BCUT2D eigenvalue weighted by Crippen LogP contribution is 2.28. The Hall–Kier alpha value is -1.18. The van der Waals surface area contributed by atoms with Gasteiger partial charge in [0.05, 0.1) is 12.8 Å². The average Bonchev–Trinajstić information content (AvgIpc) is 2.29. The van der Waals surface area contributed by atoms with E-state index in [0.29, 0.717) is 17.9 Å². The van der Waals surface area contributed by atoms with Crippen molar-refractivity contribution in [3.05, 3.63) is 23.8 Å². The van der Waals surface area contributed by atoms with Crippen LogP contribution in [0, 0.1) is 18.8 Å². The highest BCUT2D eigenvalue weighted by molar-refractivity contribution is 5.58. The first-order valence-electron chi connectivity index (χ1n) is 7.33. The molecule has 1 rings (SSSR count). The topological polar surface area (TPSA) is 21.3 Å². The van der Waals surface area contributed by atoms with Crippen molar-refractivity contribution in [2.45, 2.75) is 53.5 Å². The van der Waals surface area contributed by atoms with Crippen LogP contribution in [0.4, 0.5) is 5.69 Å². The molecule has 19 heavy (non-hydrogen) atoms. The van der Waals surface area contributed by atoms with Crippen LogP contribution >= 0.6 is 0 Å². The van der Waals surface area contributed by atoms with Crippen LogP contribution in [0.5, 0.6) is 5.75 Å². The number of hydrogen-bond donors (Lipinski definition) is 1. The van der Waals surface area contributed by atoms with Gasteiger partial charge in [-0.3, -0.25) is 0 Å². The van der Waals surface area contributed by atoms with E-state index in [9.17, 15) is 0 Å². The van der Waals surface area contributed by atoms with E-state index >= 15 is 0 Å². The van der Waals surface area contributed by atoms with E-state index in [1.54, 1.807) is 7.11 Å². The fourth-order valence-electron chi connectivity index (χ4n) is 2.49. The minimum atomic E-state index is 0.511. The van der Waals surface area contributed by atoms with Crippen LogP contribution in [0.15, 0.2) is 18.2 Å². The van der Waals surface area contributed by atoms with Crippen molar-refractivity contribution in [1.29, 1.82) is 0 Å². The van der Waals surface area contributed by atoms with Crippen LogP contribution < -0.4 is 10.1 Å². The Kier molecular flexibility index (Phi) is 6.20. The molecule has 0 aliphatic carbocycles. The number of nitrogens with one attached hydrogen (secondary N) is 1. The van der Waals surface area contributed by atoms with Gasteiger partial charge in [-0.25, -0.2) is 0 Å². The maximum atomic E-state index is 5.47. The van der Waals surface area contributed by atoms with Crippen LogP contribution in [-0.2, 0) is 0 Å². The van der Waals surface area contributed by atoms with Crippen molar-refractivity contribution in [2.75, 3.05) is 12.4 Å². The van der Waals surface area contributed by atoms with Crippen molar-refractivity contribution < 1.29 is 4.74 Å². The summed E-state index contributed by atoms with van der Waals surface area (Å²) >= 11 is 0. The van der Waals surface area contributed by atoms with Crippen molar-refractivity contribution in [2.24, 2.45) is 11.8 Å². The van der Waals surface area contributed by atoms with E-state index in [4.69, 9.17) is 4.74 Å². The molecule has 0 spiro atoms. The van der Waals surface area contributed by atoms with Crippen LogP contribution in [0.25, 0.3) is 0 Å². The molecule has 0 amide bonds. The van der Waals surface area contributed by atoms with Crippen LogP contribution in [0.3, 0.4) is 0 Å². The summed E-state index contributed by atoms with van der Waals surface area (Å²) in [5.41, 5.74) is 2.34. The zero-order chi connectivity index (χ0) is 14.4. The fraction of sp³-hybridized carbons (Fsp3) is 0.647. The Morgan fingerprint density at radius 2 is 1.63 bits per heavy atom. The van der Waals surface area contributed by atoms with Gasteiger partial charge in [0, 0.05) is 6.04 Å². The Labute approximate surface area is 118 Å². The molecule has 0 aliphatic rings.